The van der Waals surface area contributed by atoms with Crippen LogP contribution in [0.25, 0.3) is 0 Å². The Bertz CT molecular complexity index is 749. The van der Waals surface area contributed by atoms with Gasteiger partial charge in [0, 0.05) is 22.9 Å². The zero-order valence-electron chi connectivity index (χ0n) is 13.1. The zero-order valence-corrected chi connectivity index (χ0v) is 13.1. The minimum atomic E-state index is -0.324. The lowest BCUT2D eigenvalue weighted by molar-refractivity contribution is 0.262. The van der Waals surface area contributed by atoms with Gasteiger partial charge in [-0.2, -0.15) is 5.10 Å². The fourth-order valence-electron chi connectivity index (χ4n) is 2.97. The lowest BCUT2D eigenvalue weighted by Crippen LogP contribution is -2.22. The van der Waals surface area contributed by atoms with Gasteiger partial charge in [-0.3, -0.25) is 15.7 Å². The van der Waals surface area contributed by atoms with E-state index in [1.54, 1.807) is 12.3 Å². The van der Waals surface area contributed by atoms with Crippen LogP contribution in [0.15, 0.2) is 12.3 Å². The SMILES string of the molecule is CC1(c2nccc(NC(=O)Nc3n[nH]c4c3CCCC4)n2)CC1. The molecule has 4 rings (SSSR count). The minimum Gasteiger partial charge on any atom is -0.292 e. The van der Waals surface area contributed by atoms with E-state index in [4.69, 9.17) is 0 Å². The van der Waals surface area contributed by atoms with Crippen LogP contribution in [0.1, 0.15) is 49.7 Å². The van der Waals surface area contributed by atoms with Crippen LogP contribution in [-0.2, 0) is 18.3 Å². The van der Waals surface area contributed by atoms with Crippen LogP contribution in [0.5, 0.6) is 0 Å². The summed E-state index contributed by atoms with van der Waals surface area (Å²) in [6, 6.07) is 1.38. The highest BCUT2D eigenvalue weighted by Crippen LogP contribution is 2.45. The van der Waals surface area contributed by atoms with E-state index in [0.717, 1.165) is 49.2 Å². The van der Waals surface area contributed by atoms with E-state index in [-0.39, 0.29) is 11.4 Å². The standard InChI is InChI=1S/C16H20N6O/c1-16(7-8-16)14-17-9-6-12(18-14)19-15(23)20-13-10-4-2-3-5-11(10)21-22-13/h6,9H,2-5,7-8H2,1H3,(H3,17,18,19,20,21,22,23). The molecule has 0 unspecified atom stereocenters. The third-order valence-corrected chi connectivity index (χ3v) is 4.73. The predicted molar refractivity (Wildman–Crippen MR) is 86.5 cm³/mol. The van der Waals surface area contributed by atoms with Gasteiger partial charge in [-0.25, -0.2) is 14.8 Å². The fourth-order valence-corrected chi connectivity index (χ4v) is 2.97. The van der Waals surface area contributed by atoms with Crippen LogP contribution in [0, 0.1) is 0 Å². The molecule has 120 valence electrons. The number of hydrogen-bond donors (Lipinski definition) is 3. The molecule has 0 aromatic carbocycles. The number of rotatable bonds is 3. The number of carbonyl (C=O) groups is 1. The van der Waals surface area contributed by atoms with E-state index in [1.165, 1.54) is 6.42 Å². The second-order valence-corrected chi connectivity index (χ2v) is 6.64. The first-order chi connectivity index (χ1) is 11.1. The number of nitrogens with one attached hydrogen (secondary N) is 3. The first kappa shape index (κ1) is 14.2. The molecule has 0 spiro atoms. The summed E-state index contributed by atoms with van der Waals surface area (Å²) in [6.07, 6.45) is 8.15. The Morgan fingerprint density at radius 3 is 2.91 bits per heavy atom. The third-order valence-electron chi connectivity index (χ3n) is 4.73. The number of H-pyrrole nitrogens is 1. The minimum absolute atomic E-state index is 0.0788. The van der Waals surface area contributed by atoms with Gasteiger partial charge in [0.05, 0.1) is 0 Å². The Morgan fingerprint density at radius 1 is 1.26 bits per heavy atom. The van der Waals surface area contributed by atoms with Crippen LogP contribution < -0.4 is 10.6 Å². The summed E-state index contributed by atoms with van der Waals surface area (Å²) in [4.78, 5) is 21.0. The summed E-state index contributed by atoms with van der Waals surface area (Å²) >= 11 is 0. The first-order valence-electron chi connectivity index (χ1n) is 8.12. The number of aromatic nitrogens is 4. The Balaban J connectivity index is 1.45. The summed E-state index contributed by atoms with van der Waals surface area (Å²) in [5, 5.41) is 12.8. The Morgan fingerprint density at radius 2 is 2.09 bits per heavy atom. The van der Waals surface area contributed by atoms with Gasteiger partial charge in [-0.15, -0.1) is 0 Å². The van der Waals surface area contributed by atoms with Crippen LogP contribution in [0.2, 0.25) is 0 Å². The molecule has 7 nitrogen and oxygen atoms in total. The molecule has 0 atom stereocenters. The number of fused-ring (bicyclic) bond motifs is 1. The van der Waals surface area contributed by atoms with Crippen LogP contribution in [0.3, 0.4) is 0 Å². The highest BCUT2D eigenvalue weighted by atomic mass is 16.2. The smallest absolute Gasteiger partial charge is 0.292 e. The molecule has 1 saturated carbocycles. The van der Waals surface area contributed by atoms with Crippen molar-refractivity contribution in [2.45, 2.75) is 50.9 Å². The molecule has 0 aliphatic heterocycles. The van der Waals surface area contributed by atoms with Gasteiger partial charge in [-0.05, 0) is 44.6 Å². The molecule has 2 aromatic rings. The van der Waals surface area contributed by atoms with E-state index in [9.17, 15) is 4.79 Å². The number of aromatic amines is 1. The van der Waals surface area contributed by atoms with Crippen molar-refractivity contribution in [3.63, 3.8) is 0 Å². The van der Waals surface area contributed by atoms with Crippen molar-refractivity contribution in [2.24, 2.45) is 0 Å². The maximum atomic E-state index is 12.2. The second kappa shape index (κ2) is 5.33. The summed E-state index contributed by atoms with van der Waals surface area (Å²) in [5.41, 5.74) is 2.34. The van der Waals surface area contributed by atoms with Gasteiger partial charge in [0.25, 0.3) is 0 Å². The first-order valence-corrected chi connectivity index (χ1v) is 8.12. The van der Waals surface area contributed by atoms with E-state index >= 15 is 0 Å². The molecule has 0 saturated heterocycles. The monoisotopic (exact) mass is 312 g/mol. The maximum absolute atomic E-state index is 12.2. The Kier molecular flexibility index (Phi) is 3.28. The Labute approximate surface area is 134 Å². The Hall–Kier alpha value is -2.44. The molecular formula is C16H20N6O. The van der Waals surface area contributed by atoms with Gasteiger partial charge in [0.15, 0.2) is 5.82 Å². The summed E-state index contributed by atoms with van der Waals surface area (Å²) in [7, 11) is 0. The number of nitrogens with zero attached hydrogens (tertiary/aromatic N) is 3. The highest BCUT2D eigenvalue weighted by Gasteiger charge is 2.42. The number of carbonyl (C=O) groups excluding carboxylic acids is 1. The van der Waals surface area contributed by atoms with Crippen LogP contribution >= 0.6 is 0 Å². The summed E-state index contributed by atoms with van der Waals surface area (Å²) in [6.45, 7) is 2.14. The van der Waals surface area contributed by atoms with Gasteiger partial charge in [0.2, 0.25) is 0 Å². The largest absolute Gasteiger partial charge is 0.326 e. The molecule has 1 fully saturated rings. The normalized spacial score (nSPS) is 18.1. The van der Waals surface area contributed by atoms with E-state index < -0.39 is 0 Å². The van der Waals surface area contributed by atoms with E-state index in [0.29, 0.717) is 11.6 Å². The lowest BCUT2D eigenvalue weighted by Gasteiger charge is -2.12. The van der Waals surface area contributed by atoms with Crippen molar-refractivity contribution in [1.82, 2.24) is 20.2 Å². The van der Waals surface area contributed by atoms with Crippen molar-refractivity contribution in [3.8, 4) is 0 Å². The number of amides is 2. The van der Waals surface area contributed by atoms with Gasteiger partial charge < -0.3 is 0 Å². The quantitative estimate of drug-likeness (QED) is 0.812. The maximum Gasteiger partial charge on any atom is 0.326 e. The molecule has 7 heteroatoms. The molecule has 0 bridgehead atoms. The molecular weight excluding hydrogens is 292 g/mol. The van der Waals surface area contributed by atoms with Gasteiger partial charge >= 0.3 is 6.03 Å². The number of hydrogen-bond acceptors (Lipinski definition) is 4. The van der Waals surface area contributed by atoms with Crippen LogP contribution in [-0.4, -0.2) is 26.2 Å². The van der Waals surface area contributed by atoms with Crippen molar-refractivity contribution >= 4 is 17.7 Å². The van der Waals surface area contributed by atoms with Crippen LogP contribution in [0.4, 0.5) is 16.4 Å². The molecule has 23 heavy (non-hydrogen) atoms. The average molecular weight is 312 g/mol. The lowest BCUT2D eigenvalue weighted by atomic mass is 9.98. The fraction of sp³-hybridized carbons (Fsp3) is 0.500. The summed E-state index contributed by atoms with van der Waals surface area (Å²) in [5.74, 6) is 1.94. The molecule has 2 aliphatic carbocycles. The average Bonchev–Trinajstić information content (AvgIpc) is 3.19. The molecule has 2 heterocycles. The molecule has 2 aliphatic rings. The van der Waals surface area contributed by atoms with Crippen molar-refractivity contribution in [3.05, 3.63) is 29.3 Å². The van der Waals surface area contributed by atoms with E-state index in [2.05, 4.69) is 37.7 Å². The highest BCUT2D eigenvalue weighted by molar-refractivity contribution is 5.99. The molecule has 2 aromatic heterocycles. The number of aryl methyl sites for hydroxylation is 1. The number of anilines is 2. The predicted octanol–water partition coefficient (Wildman–Crippen LogP) is 2.77. The van der Waals surface area contributed by atoms with Gasteiger partial charge in [-0.1, -0.05) is 6.92 Å². The van der Waals surface area contributed by atoms with Crippen molar-refractivity contribution < 1.29 is 4.79 Å². The van der Waals surface area contributed by atoms with Crippen molar-refractivity contribution in [2.75, 3.05) is 10.6 Å². The molecule has 2 amide bonds. The van der Waals surface area contributed by atoms with E-state index in [1.807, 2.05) is 0 Å². The number of urea groups is 1. The molecule has 0 radical (unpaired) electrons. The summed E-state index contributed by atoms with van der Waals surface area (Å²) < 4.78 is 0. The van der Waals surface area contributed by atoms with Gasteiger partial charge in [0.1, 0.15) is 11.6 Å². The zero-order chi connectivity index (χ0) is 15.9. The third kappa shape index (κ3) is 2.78. The van der Waals surface area contributed by atoms with Crippen molar-refractivity contribution in [1.29, 1.82) is 0 Å². The second-order valence-electron chi connectivity index (χ2n) is 6.64. The molecule has 3 N–H and O–H groups in total. The topological polar surface area (TPSA) is 95.6 Å².